The molecule has 4 nitrogen and oxygen atoms in total. The van der Waals surface area contributed by atoms with Gasteiger partial charge in [0, 0.05) is 0 Å². The highest BCUT2D eigenvalue weighted by molar-refractivity contribution is 14.1. The summed E-state index contributed by atoms with van der Waals surface area (Å²) in [6.45, 7) is 5.88. The van der Waals surface area contributed by atoms with Crippen molar-refractivity contribution in [3.8, 4) is 0 Å². The summed E-state index contributed by atoms with van der Waals surface area (Å²) in [7, 11) is 0. The van der Waals surface area contributed by atoms with Gasteiger partial charge in [-0.3, -0.25) is 0 Å². The van der Waals surface area contributed by atoms with Crippen LogP contribution in [0.4, 0.5) is 0 Å². The Balaban J connectivity index is 2.34. The summed E-state index contributed by atoms with van der Waals surface area (Å²) in [5, 5.41) is 0.494. The largest absolute Gasteiger partial charge is 0.376 e. The smallest absolute Gasteiger partial charge is 0.161 e. The molecule has 2 rings (SSSR count). The Morgan fingerprint density at radius 1 is 1.35 bits per heavy atom. The van der Waals surface area contributed by atoms with Crippen LogP contribution in [0.3, 0.4) is 0 Å². The first-order valence-corrected chi connectivity index (χ1v) is 6.97. The zero-order valence-electron chi connectivity index (χ0n) is 9.74. The van der Waals surface area contributed by atoms with Gasteiger partial charge in [-0.1, -0.05) is 25.4 Å². The monoisotopic (exact) mass is 368 g/mol. The third kappa shape index (κ3) is 3.07. The first kappa shape index (κ1) is 13.5. The molecular weight excluding hydrogens is 354 g/mol. The third-order valence-corrected chi connectivity index (χ3v) is 4.16. The Morgan fingerprint density at radius 3 is 2.71 bits per heavy atom. The molecule has 1 fully saturated rings. The Bertz CT molecular complexity index is 409. The van der Waals surface area contributed by atoms with Crippen molar-refractivity contribution in [1.29, 1.82) is 0 Å². The van der Waals surface area contributed by atoms with Gasteiger partial charge in [0.15, 0.2) is 5.82 Å². The van der Waals surface area contributed by atoms with Gasteiger partial charge in [-0.15, -0.1) is 0 Å². The summed E-state index contributed by atoms with van der Waals surface area (Å²) in [5.41, 5.74) is 0.967. The van der Waals surface area contributed by atoms with Gasteiger partial charge in [0.1, 0.15) is 11.3 Å². The molecule has 1 aliphatic rings. The minimum absolute atomic E-state index is 0.198. The number of hydrogen-bond donors (Lipinski definition) is 0. The van der Waals surface area contributed by atoms with E-state index in [1.807, 2.05) is 0 Å². The van der Waals surface area contributed by atoms with Crippen LogP contribution in [0.25, 0.3) is 0 Å². The van der Waals surface area contributed by atoms with Crippen LogP contribution in [-0.4, -0.2) is 29.8 Å². The third-order valence-electron chi connectivity index (χ3n) is 2.50. The maximum absolute atomic E-state index is 6.13. The van der Waals surface area contributed by atoms with E-state index in [1.54, 1.807) is 0 Å². The van der Waals surface area contributed by atoms with Crippen LogP contribution in [0.2, 0.25) is 5.15 Å². The topological polar surface area (TPSA) is 44.2 Å². The summed E-state index contributed by atoms with van der Waals surface area (Å²) < 4.78 is 11.9. The van der Waals surface area contributed by atoms with E-state index in [2.05, 4.69) is 46.4 Å². The zero-order valence-corrected chi connectivity index (χ0v) is 12.7. The summed E-state index contributed by atoms with van der Waals surface area (Å²) in [6, 6.07) is 0. The molecule has 1 aromatic rings. The Labute approximate surface area is 119 Å². The minimum atomic E-state index is -0.198. The van der Waals surface area contributed by atoms with Crippen LogP contribution in [0.1, 0.15) is 37.4 Å². The molecule has 1 unspecified atom stereocenters. The first-order chi connectivity index (χ1) is 8.09. The van der Waals surface area contributed by atoms with E-state index < -0.39 is 0 Å². The van der Waals surface area contributed by atoms with Crippen molar-refractivity contribution in [2.75, 3.05) is 19.8 Å². The van der Waals surface area contributed by atoms with Gasteiger partial charge in [-0.25, -0.2) is 9.97 Å². The van der Waals surface area contributed by atoms with Gasteiger partial charge in [0.2, 0.25) is 0 Å². The molecule has 0 amide bonds. The van der Waals surface area contributed by atoms with Gasteiger partial charge in [-0.2, -0.15) is 0 Å². The standard InChI is InChI=1S/C11H14ClIN2O2/c1-6(2)9-8(13)10(12)15-11(14-9)7-5-16-3-4-17-7/h6-7H,3-5H2,1-2H3. The Hall–Kier alpha value is 0.0200. The second-order valence-electron chi connectivity index (χ2n) is 4.16. The van der Waals surface area contributed by atoms with Crippen molar-refractivity contribution in [3.63, 3.8) is 0 Å². The van der Waals surface area contributed by atoms with E-state index in [4.69, 9.17) is 21.1 Å². The van der Waals surface area contributed by atoms with Crippen molar-refractivity contribution < 1.29 is 9.47 Å². The lowest BCUT2D eigenvalue weighted by Crippen LogP contribution is -2.24. The van der Waals surface area contributed by atoms with Crippen molar-refractivity contribution in [1.82, 2.24) is 9.97 Å². The van der Waals surface area contributed by atoms with E-state index in [0.717, 1.165) is 9.26 Å². The molecule has 1 aliphatic heterocycles. The van der Waals surface area contributed by atoms with E-state index in [-0.39, 0.29) is 6.10 Å². The normalized spacial score (nSPS) is 20.9. The molecule has 0 aromatic carbocycles. The maximum Gasteiger partial charge on any atom is 0.161 e. The molecule has 0 N–H and O–H groups in total. The van der Waals surface area contributed by atoms with E-state index in [0.29, 0.717) is 36.7 Å². The number of aromatic nitrogens is 2. The van der Waals surface area contributed by atoms with Crippen LogP contribution in [0.5, 0.6) is 0 Å². The fourth-order valence-electron chi connectivity index (χ4n) is 1.62. The second-order valence-corrected chi connectivity index (χ2v) is 5.60. The van der Waals surface area contributed by atoms with Gasteiger partial charge >= 0.3 is 0 Å². The fraction of sp³-hybridized carbons (Fsp3) is 0.636. The quantitative estimate of drug-likeness (QED) is 0.595. The average Bonchev–Trinajstić information content (AvgIpc) is 2.33. The van der Waals surface area contributed by atoms with Crippen LogP contribution in [0.15, 0.2) is 0 Å². The van der Waals surface area contributed by atoms with Gasteiger partial charge in [0.05, 0.1) is 29.1 Å². The van der Waals surface area contributed by atoms with Crippen LogP contribution in [0, 0.1) is 3.57 Å². The van der Waals surface area contributed by atoms with Crippen molar-refractivity contribution in [3.05, 3.63) is 20.2 Å². The lowest BCUT2D eigenvalue weighted by Gasteiger charge is -2.22. The lowest BCUT2D eigenvalue weighted by molar-refractivity contribution is -0.0936. The number of halogens is 2. The number of rotatable bonds is 2. The van der Waals surface area contributed by atoms with Crippen LogP contribution in [-0.2, 0) is 9.47 Å². The van der Waals surface area contributed by atoms with E-state index in [9.17, 15) is 0 Å². The Morgan fingerprint density at radius 2 is 2.12 bits per heavy atom. The molecule has 0 spiro atoms. The van der Waals surface area contributed by atoms with Crippen molar-refractivity contribution in [2.24, 2.45) is 0 Å². The number of hydrogen-bond acceptors (Lipinski definition) is 4. The highest BCUT2D eigenvalue weighted by Crippen LogP contribution is 2.27. The molecular formula is C11H14ClIN2O2. The van der Waals surface area contributed by atoms with Gasteiger partial charge < -0.3 is 9.47 Å². The molecule has 1 atom stereocenters. The summed E-state index contributed by atoms with van der Waals surface area (Å²) in [4.78, 5) is 8.83. The molecule has 2 heterocycles. The molecule has 94 valence electrons. The number of nitrogens with zero attached hydrogens (tertiary/aromatic N) is 2. The molecule has 0 bridgehead atoms. The molecule has 6 heteroatoms. The zero-order chi connectivity index (χ0) is 12.4. The summed E-state index contributed by atoms with van der Waals surface area (Å²) in [6.07, 6.45) is -0.198. The molecule has 0 aliphatic carbocycles. The lowest BCUT2D eigenvalue weighted by atomic mass is 10.1. The highest BCUT2D eigenvalue weighted by atomic mass is 127. The SMILES string of the molecule is CC(C)c1nc(C2COCCO2)nc(Cl)c1I. The van der Waals surface area contributed by atoms with Crippen LogP contribution < -0.4 is 0 Å². The van der Waals surface area contributed by atoms with Crippen molar-refractivity contribution >= 4 is 34.2 Å². The fourth-order valence-corrected chi connectivity index (χ4v) is 2.66. The van der Waals surface area contributed by atoms with E-state index in [1.165, 1.54) is 0 Å². The maximum atomic E-state index is 6.13. The van der Waals surface area contributed by atoms with Crippen molar-refractivity contribution in [2.45, 2.75) is 25.9 Å². The second kappa shape index (κ2) is 5.77. The first-order valence-electron chi connectivity index (χ1n) is 5.51. The molecule has 1 aromatic heterocycles. The predicted octanol–water partition coefficient (Wildman–Crippen LogP) is 2.95. The average molecular weight is 369 g/mol. The minimum Gasteiger partial charge on any atom is -0.376 e. The van der Waals surface area contributed by atoms with Gasteiger partial charge in [-0.05, 0) is 28.5 Å². The Kier molecular flexibility index (Phi) is 4.57. The predicted molar refractivity (Wildman–Crippen MR) is 73.4 cm³/mol. The van der Waals surface area contributed by atoms with E-state index >= 15 is 0 Å². The molecule has 0 radical (unpaired) electrons. The highest BCUT2D eigenvalue weighted by Gasteiger charge is 2.23. The summed E-state index contributed by atoms with van der Waals surface area (Å²) >= 11 is 8.31. The molecule has 0 saturated carbocycles. The number of ether oxygens (including phenoxy) is 2. The van der Waals surface area contributed by atoms with Gasteiger partial charge in [0.25, 0.3) is 0 Å². The molecule has 17 heavy (non-hydrogen) atoms. The van der Waals surface area contributed by atoms with Crippen LogP contribution >= 0.6 is 34.2 Å². The molecule has 1 saturated heterocycles. The summed E-state index contributed by atoms with van der Waals surface area (Å²) in [5.74, 6) is 0.935.